The number of aliphatic carboxylic acids is 1. The van der Waals surface area contributed by atoms with Gasteiger partial charge in [0.25, 0.3) is 5.69 Å². The summed E-state index contributed by atoms with van der Waals surface area (Å²) in [5.74, 6) is -1.64. The molecule has 0 atom stereocenters. The van der Waals surface area contributed by atoms with Crippen LogP contribution >= 0.6 is 0 Å². The molecule has 0 aliphatic rings. The quantitative estimate of drug-likeness (QED) is 0.367. The van der Waals surface area contributed by atoms with Gasteiger partial charge in [0.1, 0.15) is 17.9 Å². The van der Waals surface area contributed by atoms with Crippen molar-refractivity contribution in [1.29, 1.82) is 0 Å². The number of nitrogens with zero attached hydrogens (tertiary/aromatic N) is 2. The second kappa shape index (κ2) is 7.99. The Morgan fingerprint density at radius 2 is 1.93 bits per heavy atom. The van der Waals surface area contributed by atoms with Crippen molar-refractivity contribution in [1.82, 2.24) is 5.43 Å². The van der Waals surface area contributed by atoms with Crippen molar-refractivity contribution in [3.8, 4) is 5.75 Å². The number of ether oxygens (including phenoxy) is 1. The van der Waals surface area contributed by atoms with Gasteiger partial charge in [0.15, 0.2) is 5.76 Å². The van der Waals surface area contributed by atoms with Gasteiger partial charge in [-0.2, -0.15) is 5.10 Å². The fraction of sp³-hybridized carbons (Fsp3) is 0.0556. The minimum absolute atomic E-state index is 0.0429. The molecule has 1 amide bonds. The minimum atomic E-state index is -1.33. The van der Waals surface area contributed by atoms with Gasteiger partial charge in [0, 0.05) is 17.5 Å². The van der Waals surface area contributed by atoms with Crippen LogP contribution in [0.5, 0.6) is 5.75 Å². The zero-order valence-corrected chi connectivity index (χ0v) is 14.2. The molecule has 0 radical (unpaired) electrons. The molecular weight excluding hydrogens is 370 g/mol. The van der Waals surface area contributed by atoms with E-state index >= 15 is 0 Å². The highest BCUT2D eigenvalue weighted by atomic mass is 16.6. The maximum absolute atomic E-state index is 12.1. The molecule has 3 aromatic rings. The second-order valence-corrected chi connectivity index (χ2v) is 5.52. The third-order valence-electron chi connectivity index (χ3n) is 3.55. The zero-order chi connectivity index (χ0) is 20.1. The topological polar surface area (TPSA) is 147 Å². The van der Waals surface area contributed by atoms with Gasteiger partial charge in [-0.25, -0.2) is 5.43 Å². The first kappa shape index (κ1) is 18.6. The van der Waals surface area contributed by atoms with Crippen LogP contribution < -0.4 is 15.3 Å². The summed E-state index contributed by atoms with van der Waals surface area (Å²) in [4.78, 5) is 32.7. The van der Waals surface area contributed by atoms with Crippen LogP contribution in [-0.2, 0) is 4.79 Å². The van der Waals surface area contributed by atoms with Crippen molar-refractivity contribution in [3.63, 3.8) is 0 Å². The van der Waals surface area contributed by atoms with Crippen LogP contribution in [0.3, 0.4) is 0 Å². The van der Waals surface area contributed by atoms with Gasteiger partial charge in [0.2, 0.25) is 0 Å². The molecule has 0 fully saturated rings. The second-order valence-electron chi connectivity index (χ2n) is 5.52. The molecule has 1 aromatic heterocycles. The predicted molar refractivity (Wildman–Crippen MR) is 94.9 cm³/mol. The van der Waals surface area contributed by atoms with Crippen molar-refractivity contribution in [2.75, 3.05) is 6.61 Å². The molecule has 0 unspecified atom stereocenters. The number of carbonyl (C=O) groups is 2. The van der Waals surface area contributed by atoms with Gasteiger partial charge in [-0.15, -0.1) is 0 Å². The molecule has 0 bridgehead atoms. The third kappa shape index (κ3) is 4.49. The molecule has 1 N–H and O–H groups in total. The Labute approximate surface area is 157 Å². The molecule has 0 spiro atoms. The first-order valence-corrected chi connectivity index (χ1v) is 7.86. The number of non-ortho nitro benzene ring substituents is 1. The molecule has 142 valence electrons. The molecule has 10 heteroatoms. The summed E-state index contributed by atoms with van der Waals surface area (Å²) >= 11 is 0. The molecule has 0 saturated heterocycles. The van der Waals surface area contributed by atoms with Crippen molar-refractivity contribution in [3.05, 3.63) is 70.0 Å². The number of nitro benzene ring substituents is 1. The number of carbonyl (C=O) groups excluding carboxylic acids is 2. The highest BCUT2D eigenvalue weighted by molar-refractivity contribution is 5.97. The molecule has 0 aliphatic carbocycles. The average Bonchev–Trinajstić information content (AvgIpc) is 3.10. The number of amides is 1. The van der Waals surface area contributed by atoms with Crippen LogP contribution in [0.2, 0.25) is 0 Å². The molecule has 10 nitrogen and oxygen atoms in total. The lowest BCUT2D eigenvalue weighted by Crippen LogP contribution is -2.28. The standard InChI is InChI=1S/C18H13N3O7/c22-17(23)10-27-14-4-1-11(2-5-14)9-19-20-18(24)16-8-12-7-13(21(25)26)3-6-15(12)28-16/h1-9H,10H2,(H,20,24)(H,22,23)/p-1/b19-9-. The largest absolute Gasteiger partial charge is 0.546 e. The number of hydrogen-bond donors (Lipinski definition) is 1. The Morgan fingerprint density at radius 1 is 1.18 bits per heavy atom. The van der Waals surface area contributed by atoms with Crippen LogP contribution in [0.15, 0.2) is 58.0 Å². The molecule has 28 heavy (non-hydrogen) atoms. The van der Waals surface area contributed by atoms with E-state index in [2.05, 4.69) is 10.5 Å². The summed E-state index contributed by atoms with van der Waals surface area (Å²) in [5, 5.41) is 25.3. The Hall–Kier alpha value is -4.21. The van der Waals surface area contributed by atoms with Crippen molar-refractivity contribution < 1.29 is 28.8 Å². The summed E-state index contributed by atoms with van der Waals surface area (Å²) in [6.45, 7) is -0.551. The van der Waals surface area contributed by atoms with E-state index in [1.54, 1.807) is 12.1 Å². The van der Waals surface area contributed by atoms with E-state index in [0.29, 0.717) is 22.3 Å². The van der Waals surface area contributed by atoms with Gasteiger partial charge in [-0.1, -0.05) is 0 Å². The summed E-state index contributed by atoms with van der Waals surface area (Å²) in [5.41, 5.74) is 3.15. The molecule has 0 aliphatic heterocycles. The number of hydrazone groups is 1. The van der Waals surface area contributed by atoms with E-state index < -0.39 is 23.4 Å². The average molecular weight is 382 g/mol. The summed E-state index contributed by atoms with van der Waals surface area (Å²) in [6, 6.07) is 11.7. The number of carboxylic acid groups (broad SMARTS) is 1. The van der Waals surface area contributed by atoms with E-state index in [9.17, 15) is 24.8 Å². The molecule has 3 rings (SSSR count). The zero-order valence-electron chi connectivity index (χ0n) is 14.2. The van der Waals surface area contributed by atoms with Crippen LogP contribution in [0.4, 0.5) is 5.69 Å². The first-order valence-electron chi connectivity index (χ1n) is 7.86. The Bertz CT molecular complexity index is 1070. The SMILES string of the molecule is O=C([O-])COc1ccc(/C=N\NC(=O)c2cc3cc([N+](=O)[O-])ccc3o2)cc1. The van der Waals surface area contributed by atoms with Crippen LogP contribution in [0, 0.1) is 10.1 Å². The third-order valence-corrected chi connectivity index (χ3v) is 3.55. The summed E-state index contributed by atoms with van der Waals surface area (Å²) in [7, 11) is 0. The van der Waals surface area contributed by atoms with Crippen molar-refractivity contribution >= 4 is 34.7 Å². The Kier molecular flexibility index (Phi) is 5.30. The van der Waals surface area contributed by atoms with E-state index in [4.69, 9.17) is 9.15 Å². The van der Waals surface area contributed by atoms with E-state index in [1.807, 2.05) is 0 Å². The number of nitro groups is 1. The van der Waals surface area contributed by atoms with Gasteiger partial charge < -0.3 is 19.1 Å². The van der Waals surface area contributed by atoms with Crippen molar-refractivity contribution in [2.45, 2.75) is 0 Å². The van der Waals surface area contributed by atoms with Gasteiger partial charge in [0.05, 0.1) is 17.1 Å². The smallest absolute Gasteiger partial charge is 0.307 e. The number of fused-ring (bicyclic) bond motifs is 1. The molecular formula is C18H12N3O7-. The number of nitrogens with one attached hydrogen (secondary N) is 1. The highest BCUT2D eigenvalue weighted by Crippen LogP contribution is 2.24. The van der Waals surface area contributed by atoms with Crippen molar-refractivity contribution in [2.24, 2.45) is 5.10 Å². The lowest BCUT2D eigenvalue weighted by Gasteiger charge is -2.06. The highest BCUT2D eigenvalue weighted by Gasteiger charge is 2.14. The fourth-order valence-corrected chi connectivity index (χ4v) is 2.27. The monoisotopic (exact) mass is 382 g/mol. The van der Waals surface area contributed by atoms with Gasteiger partial charge in [-0.05, 0) is 42.0 Å². The lowest BCUT2D eigenvalue weighted by molar-refractivity contribution is -0.384. The lowest BCUT2D eigenvalue weighted by atomic mass is 10.2. The van der Waals surface area contributed by atoms with E-state index in [0.717, 1.165) is 0 Å². The normalized spacial score (nSPS) is 10.9. The van der Waals surface area contributed by atoms with E-state index in [-0.39, 0.29) is 11.4 Å². The number of carboxylic acids is 1. The maximum Gasteiger partial charge on any atom is 0.307 e. The number of hydrogen-bond acceptors (Lipinski definition) is 8. The Morgan fingerprint density at radius 3 is 2.61 bits per heavy atom. The first-order chi connectivity index (χ1) is 13.4. The fourth-order valence-electron chi connectivity index (χ4n) is 2.27. The van der Waals surface area contributed by atoms with E-state index in [1.165, 1.54) is 42.6 Å². The number of furan rings is 1. The van der Waals surface area contributed by atoms with Crippen LogP contribution in [-0.4, -0.2) is 29.6 Å². The van der Waals surface area contributed by atoms with Gasteiger partial charge in [-0.3, -0.25) is 14.9 Å². The predicted octanol–water partition coefficient (Wildman–Crippen LogP) is 1.23. The van der Waals surface area contributed by atoms with Crippen LogP contribution in [0.25, 0.3) is 11.0 Å². The summed E-state index contributed by atoms with van der Waals surface area (Å²) < 4.78 is 10.3. The minimum Gasteiger partial charge on any atom is -0.546 e. The number of benzene rings is 2. The summed E-state index contributed by atoms with van der Waals surface area (Å²) in [6.07, 6.45) is 1.37. The van der Waals surface area contributed by atoms with Gasteiger partial charge >= 0.3 is 5.91 Å². The maximum atomic E-state index is 12.1. The van der Waals surface area contributed by atoms with Crippen LogP contribution in [0.1, 0.15) is 16.1 Å². The molecule has 1 heterocycles. The molecule has 2 aromatic carbocycles. The Balaban J connectivity index is 1.62. The number of rotatable bonds is 7. The molecule has 0 saturated carbocycles.